The average Bonchev–Trinajstić information content (AvgIpc) is 3.07. The van der Waals surface area contributed by atoms with Crippen molar-refractivity contribution in [1.29, 1.82) is 0 Å². The lowest BCUT2D eigenvalue weighted by Crippen LogP contribution is -2.12. The van der Waals surface area contributed by atoms with E-state index in [2.05, 4.69) is 15.5 Å². The summed E-state index contributed by atoms with van der Waals surface area (Å²) in [5.41, 5.74) is 1.43. The van der Waals surface area contributed by atoms with E-state index in [1.165, 1.54) is 23.9 Å². The highest BCUT2D eigenvalue weighted by Gasteiger charge is 2.14. The second-order valence-electron chi connectivity index (χ2n) is 5.37. The van der Waals surface area contributed by atoms with Crippen LogP contribution in [0.15, 0.2) is 48.5 Å². The summed E-state index contributed by atoms with van der Waals surface area (Å²) in [7, 11) is 1.39. The number of aromatic nitrogens is 4. The topological polar surface area (TPSA) is 73.1 Å². The van der Waals surface area contributed by atoms with Crippen molar-refractivity contribution in [2.75, 3.05) is 7.11 Å². The molecule has 0 aliphatic rings. The molecule has 1 aromatic heterocycles. The predicted octanol–water partition coefficient (Wildman–Crippen LogP) is 2.72. The summed E-state index contributed by atoms with van der Waals surface area (Å²) in [6.07, 6.45) is 2.69. The second kappa shape index (κ2) is 7.67. The van der Waals surface area contributed by atoms with E-state index in [1.807, 2.05) is 36.4 Å². The summed E-state index contributed by atoms with van der Waals surface area (Å²) in [6.45, 7) is 0.104. The van der Waals surface area contributed by atoms with Crippen molar-refractivity contribution in [2.45, 2.75) is 12.6 Å². The van der Waals surface area contributed by atoms with E-state index >= 15 is 0 Å². The molecule has 3 rings (SSSR count). The lowest BCUT2D eigenvalue weighted by atomic mass is 10.1. The van der Waals surface area contributed by atoms with E-state index in [0.717, 1.165) is 5.56 Å². The van der Waals surface area contributed by atoms with Gasteiger partial charge in [0.2, 0.25) is 0 Å². The molecule has 6 nitrogen and oxygen atoms in total. The summed E-state index contributed by atoms with van der Waals surface area (Å²) < 4.78 is 20.1. The zero-order valence-electron chi connectivity index (χ0n) is 13.6. The fraction of sp³-hybridized carbons (Fsp3) is 0.167. The van der Waals surface area contributed by atoms with Crippen molar-refractivity contribution in [3.63, 3.8) is 0 Å². The van der Waals surface area contributed by atoms with Crippen molar-refractivity contribution in [3.05, 3.63) is 71.3 Å². The van der Waals surface area contributed by atoms with Crippen LogP contribution in [-0.4, -0.2) is 32.4 Å². The Hall–Kier alpha value is -3.06. The van der Waals surface area contributed by atoms with Crippen molar-refractivity contribution < 1.29 is 14.2 Å². The normalized spacial score (nSPS) is 12.4. The number of nitrogens with zero attached hydrogens (tertiary/aromatic N) is 4. The maximum Gasteiger partial charge on any atom is 0.174 e. The highest BCUT2D eigenvalue weighted by Crippen LogP contribution is 2.23. The number of hydrogen-bond acceptors (Lipinski definition) is 5. The SMILES string of the molecule is COc1ccc(C(O)Cn2nnnc2/C=C/c2ccccc2)cc1F. The Kier molecular flexibility index (Phi) is 5.15. The Labute approximate surface area is 144 Å². The van der Waals surface area contributed by atoms with Crippen LogP contribution in [0.3, 0.4) is 0 Å². The highest BCUT2D eigenvalue weighted by molar-refractivity contribution is 5.66. The minimum atomic E-state index is -0.951. The second-order valence-corrected chi connectivity index (χ2v) is 5.37. The molecule has 25 heavy (non-hydrogen) atoms. The minimum absolute atomic E-state index is 0.104. The van der Waals surface area contributed by atoms with Gasteiger partial charge in [-0.2, -0.15) is 0 Å². The van der Waals surface area contributed by atoms with Gasteiger partial charge >= 0.3 is 0 Å². The van der Waals surface area contributed by atoms with Crippen LogP contribution in [0.2, 0.25) is 0 Å². The smallest absolute Gasteiger partial charge is 0.174 e. The minimum Gasteiger partial charge on any atom is -0.494 e. The van der Waals surface area contributed by atoms with Gasteiger partial charge in [0.15, 0.2) is 17.4 Å². The molecule has 1 heterocycles. The van der Waals surface area contributed by atoms with Crippen LogP contribution >= 0.6 is 0 Å². The van der Waals surface area contributed by atoms with E-state index < -0.39 is 11.9 Å². The number of ether oxygens (including phenoxy) is 1. The molecule has 0 spiro atoms. The number of rotatable bonds is 6. The zero-order valence-corrected chi connectivity index (χ0v) is 13.6. The molecular weight excluding hydrogens is 323 g/mol. The lowest BCUT2D eigenvalue weighted by molar-refractivity contribution is 0.150. The first-order valence-electron chi connectivity index (χ1n) is 7.68. The molecule has 1 atom stereocenters. The van der Waals surface area contributed by atoms with Gasteiger partial charge in [-0.25, -0.2) is 9.07 Å². The fourth-order valence-electron chi connectivity index (χ4n) is 2.35. The van der Waals surface area contributed by atoms with E-state index in [9.17, 15) is 9.50 Å². The summed E-state index contributed by atoms with van der Waals surface area (Å²) in [5, 5.41) is 21.8. The van der Waals surface area contributed by atoms with Gasteiger partial charge in [0, 0.05) is 0 Å². The number of benzene rings is 2. The molecule has 0 aliphatic heterocycles. The van der Waals surface area contributed by atoms with Crippen molar-refractivity contribution in [3.8, 4) is 5.75 Å². The summed E-state index contributed by atoms with van der Waals surface area (Å²) in [5.74, 6) is 0.0988. The Morgan fingerprint density at radius 1 is 1.20 bits per heavy atom. The van der Waals surface area contributed by atoms with Crippen LogP contribution < -0.4 is 4.74 Å². The number of methoxy groups -OCH3 is 1. The van der Waals surface area contributed by atoms with Gasteiger partial charge in [0.05, 0.1) is 19.8 Å². The molecule has 1 unspecified atom stereocenters. The van der Waals surface area contributed by atoms with E-state index in [1.54, 1.807) is 12.1 Å². The molecule has 3 aromatic rings. The Balaban J connectivity index is 1.74. The molecule has 0 fully saturated rings. The number of hydrogen-bond donors (Lipinski definition) is 1. The molecule has 0 saturated heterocycles. The third-order valence-corrected chi connectivity index (χ3v) is 3.69. The van der Waals surface area contributed by atoms with Crippen LogP contribution in [-0.2, 0) is 6.54 Å². The van der Waals surface area contributed by atoms with Crippen LogP contribution in [0, 0.1) is 5.82 Å². The van der Waals surface area contributed by atoms with Crippen molar-refractivity contribution in [2.24, 2.45) is 0 Å². The molecule has 128 valence electrons. The van der Waals surface area contributed by atoms with Crippen LogP contribution in [0.1, 0.15) is 23.1 Å². The first-order valence-corrected chi connectivity index (χ1v) is 7.68. The molecule has 0 saturated carbocycles. The predicted molar refractivity (Wildman–Crippen MR) is 91.1 cm³/mol. The highest BCUT2D eigenvalue weighted by atomic mass is 19.1. The Bertz CT molecular complexity index is 865. The average molecular weight is 340 g/mol. The first-order chi connectivity index (χ1) is 12.2. The molecule has 2 aromatic carbocycles. The van der Waals surface area contributed by atoms with Gasteiger partial charge < -0.3 is 9.84 Å². The largest absolute Gasteiger partial charge is 0.494 e. The molecule has 7 heteroatoms. The van der Waals surface area contributed by atoms with E-state index in [4.69, 9.17) is 4.74 Å². The first kappa shape index (κ1) is 16.8. The summed E-state index contributed by atoms with van der Waals surface area (Å²) >= 11 is 0. The molecule has 0 amide bonds. The monoisotopic (exact) mass is 340 g/mol. The van der Waals surface area contributed by atoms with Gasteiger partial charge in [-0.1, -0.05) is 42.5 Å². The van der Waals surface area contributed by atoms with Crippen LogP contribution in [0.5, 0.6) is 5.75 Å². The molecule has 0 aliphatic carbocycles. The van der Waals surface area contributed by atoms with E-state index in [-0.39, 0.29) is 12.3 Å². The molecule has 1 N–H and O–H groups in total. The summed E-state index contributed by atoms with van der Waals surface area (Å²) in [4.78, 5) is 0. The van der Waals surface area contributed by atoms with Gasteiger partial charge in [0.1, 0.15) is 0 Å². The standard InChI is InChI=1S/C18H17FN4O2/c1-25-17-9-8-14(11-15(17)19)16(24)12-23-18(20-21-22-23)10-7-13-5-3-2-4-6-13/h2-11,16,24H,12H2,1H3/b10-7+. The number of aliphatic hydroxyl groups excluding tert-OH is 1. The van der Waals surface area contributed by atoms with E-state index in [0.29, 0.717) is 11.4 Å². The van der Waals surface area contributed by atoms with Gasteiger partial charge in [-0.05, 0) is 39.8 Å². The maximum atomic E-state index is 13.8. The van der Waals surface area contributed by atoms with Gasteiger partial charge in [-0.3, -0.25) is 0 Å². The van der Waals surface area contributed by atoms with Gasteiger partial charge in [-0.15, -0.1) is 5.10 Å². The maximum absolute atomic E-state index is 13.8. The van der Waals surface area contributed by atoms with Crippen LogP contribution in [0.4, 0.5) is 4.39 Å². The molecular formula is C18H17FN4O2. The fourth-order valence-corrected chi connectivity index (χ4v) is 2.35. The van der Waals surface area contributed by atoms with Crippen molar-refractivity contribution in [1.82, 2.24) is 20.2 Å². The van der Waals surface area contributed by atoms with Crippen LogP contribution in [0.25, 0.3) is 12.2 Å². The number of tetrazole rings is 1. The third kappa shape index (κ3) is 4.07. The quantitative estimate of drug-likeness (QED) is 0.747. The van der Waals surface area contributed by atoms with Gasteiger partial charge in [0.25, 0.3) is 0 Å². The molecule has 0 radical (unpaired) electrons. The zero-order chi connectivity index (χ0) is 17.6. The lowest BCUT2D eigenvalue weighted by Gasteiger charge is -2.12. The third-order valence-electron chi connectivity index (χ3n) is 3.69. The molecule has 0 bridgehead atoms. The Morgan fingerprint density at radius 2 is 2.00 bits per heavy atom. The number of aliphatic hydroxyl groups is 1. The Morgan fingerprint density at radius 3 is 2.72 bits per heavy atom. The summed E-state index contributed by atoms with van der Waals surface area (Å²) in [6, 6.07) is 14.0. The number of halogens is 1. The van der Waals surface area contributed by atoms with Crippen molar-refractivity contribution >= 4 is 12.2 Å².